The van der Waals surface area contributed by atoms with Crippen LogP contribution in [0.5, 0.6) is 0 Å². The zero-order chi connectivity index (χ0) is 16.2. The van der Waals surface area contributed by atoms with Crippen LogP contribution in [-0.2, 0) is 0 Å². The fourth-order valence-corrected chi connectivity index (χ4v) is 4.29. The van der Waals surface area contributed by atoms with Crippen LogP contribution in [0.1, 0.15) is 42.9 Å². The number of benzene rings is 1. The Kier molecular flexibility index (Phi) is 3.23. The summed E-state index contributed by atoms with van der Waals surface area (Å²) in [5.74, 6) is 1.19. The van der Waals surface area contributed by atoms with Gasteiger partial charge in [0.1, 0.15) is 5.52 Å². The molecule has 3 fully saturated rings. The van der Waals surface area contributed by atoms with Gasteiger partial charge in [0, 0.05) is 24.1 Å². The lowest BCUT2D eigenvalue weighted by molar-refractivity contribution is -0.0378. The van der Waals surface area contributed by atoms with Crippen molar-refractivity contribution in [1.82, 2.24) is 15.2 Å². The van der Waals surface area contributed by atoms with Gasteiger partial charge in [-0.1, -0.05) is 0 Å². The van der Waals surface area contributed by atoms with Crippen molar-refractivity contribution in [2.45, 2.75) is 45.2 Å². The van der Waals surface area contributed by atoms with Gasteiger partial charge < -0.3 is 9.73 Å². The second-order valence-corrected chi connectivity index (χ2v) is 7.34. The number of amides is 1. The zero-order valence-corrected chi connectivity index (χ0v) is 13.9. The number of hydrogen-bond donors (Lipinski definition) is 1. The number of carbonyl (C=O) groups is 1. The number of fused-ring (bicyclic) bond motifs is 4. The van der Waals surface area contributed by atoms with Gasteiger partial charge >= 0.3 is 0 Å². The van der Waals surface area contributed by atoms with Gasteiger partial charge in [0.15, 0.2) is 11.5 Å². The van der Waals surface area contributed by atoms with E-state index in [1.807, 2.05) is 25.1 Å². The van der Waals surface area contributed by atoms with Crippen LogP contribution in [0, 0.1) is 12.8 Å². The molecule has 3 saturated heterocycles. The van der Waals surface area contributed by atoms with Gasteiger partial charge in [-0.25, -0.2) is 4.98 Å². The number of aromatic nitrogens is 1. The van der Waals surface area contributed by atoms with Crippen LogP contribution in [0.25, 0.3) is 11.1 Å². The topological polar surface area (TPSA) is 58.4 Å². The fraction of sp³-hybridized carbons (Fsp3) is 0.556. The highest BCUT2D eigenvalue weighted by molar-refractivity contribution is 5.97. The number of carbonyl (C=O) groups excluding carboxylic acids is 1. The molecule has 3 aliphatic rings. The first kappa shape index (κ1) is 14.7. The Labute approximate surface area is 136 Å². The third-order valence-electron chi connectivity index (χ3n) is 5.63. The maximum absolute atomic E-state index is 12.7. The summed E-state index contributed by atoms with van der Waals surface area (Å²) >= 11 is 0. The van der Waals surface area contributed by atoms with Gasteiger partial charge in [-0.2, -0.15) is 0 Å². The van der Waals surface area contributed by atoms with Crippen LogP contribution in [0.15, 0.2) is 22.6 Å². The molecule has 2 bridgehead atoms. The van der Waals surface area contributed by atoms with Crippen LogP contribution in [0.2, 0.25) is 0 Å². The first-order chi connectivity index (χ1) is 10.9. The lowest BCUT2D eigenvalue weighted by atomic mass is 9.72. The van der Waals surface area contributed by atoms with Crippen molar-refractivity contribution in [2.75, 3.05) is 13.1 Å². The molecule has 1 aromatic carbocycles. The monoisotopic (exact) mass is 313 g/mol. The van der Waals surface area contributed by atoms with Crippen molar-refractivity contribution in [2.24, 2.45) is 5.92 Å². The van der Waals surface area contributed by atoms with Crippen molar-refractivity contribution in [1.29, 1.82) is 0 Å². The van der Waals surface area contributed by atoms with E-state index < -0.39 is 0 Å². The van der Waals surface area contributed by atoms with E-state index in [1.165, 1.54) is 12.8 Å². The summed E-state index contributed by atoms with van der Waals surface area (Å²) in [5.41, 5.74) is 2.13. The Morgan fingerprint density at radius 3 is 2.78 bits per heavy atom. The minimum atomic E-state index is -0.0145. The standard InChI is InChI=1S/C18H23N3O2/c1-11-19-14-10-13(4-5-15(14)23-11)17(22)20-16-12-6-8-21(9-7-12)18(16,2)3/h4-5,10,12,16H,6-9H2,1-3H3,(H,20,22). The summed E-state index contributed by atoms with van der Waals surface area (Å²) in [6.45, 7) is 8.60. The molecule has 1 aromatic heterocycles. The predicted molar refractivity (Wildman–Crippen MR) is 88.4 cm³/mol. The van der Waals surface area contributed by atoms with Gasteiger partial charge in [0.05, 0.1) is 0 Å². The van der Waals surface area contributed by atoms with Crippen LogP contribution >= 0.6 is 0 Å². The summed E-state index contributed by atoms with van der Waals surface area (Å²) in [4.78, 5) is 19.6. The van der Waals surface area contributed by atoms with Gasteiger partial charge in [-0.05, 0) is 63.9 Å². The van der Waals surface area contributed by atoms with E-state index >= 15 is 0 Å². The number of aryl methyl sites for hydroxylation is 1. The number of hydrogen-bond acceptors (Lipinski definition) is 4. The van der Waals surface area contributed by atoms with Gasteiger partial charge in [-0.3, -0.25) is 9.69 Å². The largest absolute Gasteiger partial charge is 0.441 e. The summed E-state index contributed by atoms with van der Waals surface area (Å²) in [6.07, 6.45) is 2.35. The second-order valence-electron chi connectivity index (χ2n) is 7.34. The van der Waals surface area contributed by atoms with Crippen LogP contribution in [-0.4, -0.2) is 40.5 Å². The average molecular weight is 313 g/mol. The molecule has 4 heterocycles. The third-order valence-corrected chi connectivity index (χ3v) is 5.63. The maximum Gasteiger partial charge on any atom is 0.251 e. The fourth-order valence-electron chi connectivity index (χ4n) is 4.29. The van der Waals surface area contributed by atoms with E-state index in [0.29, 0.717) is 17.4 Å². The SMILES string of the molecule is Cc1nc2cc(C(=O)NC3C4CCN(CC4)C3(C)C)ccc2o1. The highest BCUT2D eigenvalue weighted by atomic mass is 16.3. The molecule has 1 unspecified atom stereocenters. The van der Waals surface area contributed by atoms with Crippen LogP contribution in [0.4, 0.5) is 0 Å². The molecule has 3 aliphatic heterocycles. The molecule has 23 heavy (non-hydrogen) atoms. The molecular formula is C18H23N3O2. The molecule has 5 heteroatoms. The van der Waals surface area contributed by atoms with Crippen LogP contribution < -0.4 is 5.32 Å². The summed E-state index contributed by atoms with van der Waals surface area (Å²) in [6, 6.07) is 5.66. The van der Waals surface area contributed by atoms with Gasteiger partial charge in [0.2, 0.25) is 0 Å². The Bertz CT molecular complexity index is 757. The first-order valence-electron chi connectivity index (χ1n) is 8.38. The molecule has 2 aromatic rings. The van der Waals surface area contributed by atoms with E-state index in [-0.39, 0.29) is 17.5 Å². The summed E-state index contributed by atoms with van der Waals surface area (Å²) < 4.78 is 5.48. The molecule has 5 nitrogen and oxygen atoms in total. The maximum atomic E-state index is 12.7. The normalized spacial score (nSPS) is 28.9. The first-order valence-corrected chi connectivity index (χ1v) is 8.38. The van der Waals surface area contributed by atoms with Crippen molar-refractivity contribution in [3.8, 4) is 0 Å². The quantitative estimate of drug-likeness (QED) is 0.926. The highest BCUT2D eigenvalue weighted by Crippen LogP contribution is 2.39. The number of nitrogens with zero attached hydrogens (tertiary/aromatic N) is 2. The summed E-state index contributed by atoms with van der Waals surface area (Å²) in [7, 11) is 0. The number of rotatable bonds is 2. The van der Waals surface area contributed by atoms with Crippen molar-refractivity contribution in [3.05, 3.63) is 29.7 Å². The highest BCUT2D eigenvalue weighted by Gasteiger charge is 2.48. The lowest BCUT2D eigenvalue weighted by Gasteiger charge is -2.56. The minimum Gasteiger partial charge on any atom is -0.441 e. The predicted octanol–water partition coefficient (Wildman–Crippen LogP) is 2.74. The van der Waals surface area contributed by atoms with E-state index in [4.69, 9.17) is 4.42 Å². The average Bonchev–Trinajstić information content (AvgIpc) is 2.90. The lowest BCUT2D eigenvalue weighted by Crippen LogP contribution is -2.69. The second kappa shape index (κ2) is 5.06. The van der Waals surface area contributed by atoms with E-state index in [2.05, 4.69) is 29.0 Å². The molecular weight excluding hydrogens is 290 g/mol. The molecule has 1 N–H and O–H groups in total. The van der Waals surface area contributed by atoms with Crippen molar-refractivity contribution >= 4 is 17.0 Å². The van der Waals surface area contributed by atoms with Crippen LogP contribution in [0.3, 0.4) is 0 Å². The Balaban J connectivity index is 1.58. The van der Waals surface area contributed by atoms with E-state index in [0.717, 1.165) is 24.2 Å². The number of nitrogens with one attached hydrogen (secondary N) is 1. The van der Waals surface area contributed by atoms with E-state index in [1.54, 1.807) is 0 Å². The Morgan fingerprint density at radius 1 is 1.35 bits per heavy atom. The molecule has 0 radical (unpaired) electrons. The van der Waals surface area contributed by atoms with Gasteiger partial charge in [-0.15, -0.1) is 0 Å². The van der Waals surface area contributed by atoms with E-state index in [9.17, 15) is 4.79 Å². The molecule has 5 rings (SSSR count). The Hall–Kier alpha value is -1.88. The minimum absolute atomic E-state index is 0.0145. The number of oxazole rings is 1. The summed E-state index contributed by atoms with van der Waals surface area (Å²) in [5, 5.41) is 3.29. The molecule has 1 amide bonds. The molecule has 0 saturated carbocycles. The molecule has 1 atom stereocenters. The third kappa shape index (κ3) is 2.34. The zero-order valence-electron chi connectivity index (χ0n) is 13.9. The Morgan fingerprint density at radius 2 is 2.09 bits per heavy atom. The number of piperidine rings is 3. The van der Waals surface area contributed by atoms with Crippen molar-refractivity contribution < 1.29 is 9.21 Å². The molecule has 0 aliphatic carbocycles. The molecule has 0 spiro atoms. The smallest absolute Gasteiger partial charge is 0.251 e. The van der Waals surface area contributed by atoms with Crippen molar-refractivity contribution in [3.63, 3.8) is 0 Å². The van der Waals surface area contributed by atoms with Gasteiger partial charge in [0.25, 0.3) is 5.91 Å². The molecule has 122 valence electrons.